The standard InChI is InChI=1S/C36H57FN6O4Si2/c1-25(41-10-12-45-13-11-41)35(44)40(3)30-20-31-29(19-28(30)37)38-34(42(31)23-46-14-16-48(4,5)6)33-27-18-26-21-36(26,2)22-32(27)43(39-33)24-47-15-17-49(7,8)9/h19-20,25-26H,10-18,21-24H2,1-9H3/t25-,26+,36+/m0/s1. The molecule has 3 aliphatic rings. The normalized spacial score (nSPS) is 21.9. The molecule has 49 heavy (non-hydrogen) atoms. The molecule has 13 heteroatoms. The number of carbonyl (C=O) groups is 1. The first kappa shape index (κ1) is 36.4. The Labute approximate surface area is 293 Å². The Morgan fingerprint density at radius 3 is 2.39 bits per heavy atom. The van der Waals surface area contributed by atoms with E-state index in [9.17, 15) is 4.79 Å². The van der Waals surface area contributed by atoms with E-state index >= 15 is 4.39 Å². The second-order valence-corrected chi connectivity index (χ2v) is 28.5. The summed E-state index contributed by atoms with van der Waals surface area (Å²) in [7, 11) is -0.886. The topological polar surface area (TPSA) is 86.9 Å². The van der Waals surface area contributed by atoms with Gasteiger partial charge in [0.2, 0.25) is 5.91 Å². The molecule has 2 aliphatic carbocycles. The maximum atomic E-state index is 15.9. The van der Waals surface area contributed by atoms with Gasteiger partial charge in [0.05, 0.1) is 36.0 Å². The third kappa shape index (κ3) is 8.07. The second kappa shape index (κ2) is 13.9. The van der Waals surface area contributed by atoms with Crippen LogP contribution in [0.25, 0.3) is 22.6 Å². The first-order chi connectivity index (χ1) is 23.0. The molecule has 270 valence electrons. The van der Waals surface area contributed by atoms with Crippen molar-refractivity contribution in [1.29, 1.82) is 0 Å². The van der Waals surface area contributed by atoms with Gasteiger partial charge in [-0.1, -0.05) is 46.2 Å². The van der Waals surface area contributed by atoms with Crippen molar-refractivity contribution < 1.29 is 23.4 Å². The number of hydrogen-bond acceptors (Lipinski definition) is 7. The van der Waals surface area contributed by atoms with Gasteiger partial charge in [-0.2, -0.15) is 5.10 Å². The number of imidazole rings is 1. The predicted molar refractivity (Wildman–Crippen MR) is 198 cm³/mol. The second-order valence-electron chi connectivity index (χ2n) is 17.3. The Morgan fingerprint density at radius 1 is 1.08 bits per heavy atom. The van der Waals surface area contributed by atoms with Crippen LogP contribution in [0.3, 0.4) is 0 Å². The van der Waals surface area contributed by atoms with E-state index in [0.29, 0.717) is 62.3 Å². The summed E-state index contributed by atoms with van der Waals surface area (Å²) in [5, 5.41) is 5.19. The van der Waals surface area contributed by atoms with E-state index in [1.165, 1.54) is 28.6 Å². The number of hydrogen-bond donors (Lipinski definition) is 0. The molecule has 1 saturated carbocycles. The van der Waals surface area contributed by atoms with E-state index in [1.54, 1.807) is 13.1 Å². The fraction of sp³-hybridized carbons (Fsp3) is 0.694. The Hall–Kier alpha value is -2.43. The molecule has 0 bridgehead atoms. The van der Waals surface area contributed by atoms with Crippen LogP contribution >= 0.6 is 0 Å². The number of likely N-dealkylation sites (N-methyl/N-ethyl adjacent to an activating group) is 1. The van der Waals surface area contributed by atoms with Gasteiger partial charge in [-0.05, 0) is 55.7 Å². The van der Waals surface area contributed by atoms with E-state index in [2.05, 4.69) is 55.8 Å². The van der Waals surface area contributed by atoms with E-state index in [-0.39, 0.29) is 18.3 Å². The van der Waals surface area contributed by atoms with Crippen LogP contribution in [0.2, 0.25) is 51.4 Å². The molecule has 0 N–H and O–H groups in total. The number of amides is 1. The minimum atomic E-state index is -1.32. The van der Waals surface area contributed by atoms with Crippen molar-refractivity contribution in [3.05, 3.63) is 29.2 Å². The van der Waals surface area contributed by atoms with E-state index in [1.807, 2.05) is 11.5 Å². The molecule has 1 amide bonds. The lowest BCUT2D eigenvalue weighted by molar-refractivity contribution is -0.124. The molecule has 2 aromatic heterocycles. The predicted octanol–water partition coefficient (Wildman–Crippen LogP) is 6.47. The zero-order valence-corrected chi connectivity index (χ0v) is 33.2. The summed E-state index contributed by atoms with van der Waals surface area (Å²) in [5.74, 6) is 0.668. The number of benzene rings is 1. The number of fused-ring (bicyclic) bond motifs is 3. The first-order valence-electron chi connectivity index (χ1n) is 18.1. The zero-order chi connectivity index (χ0) is 35.3. The molecule has 0 radical (unpaired) electrons. The zero-order valence-electron chi connectivity index (χ0n) is 31.2. The Kier molecular flexibility index (Phi) is 10.4. The van der Waals surface area contributed by atoms with Crippen molar-refractivity contribution in [2.45, 2.75) is 104 Å². The molecule has 1 aromatic carbocycles. The summed E-state index contributed by atoms with van der Waals surface area (Å²) < 4.78 is 38.0. The van der Waals surface area contributed by atoms with E-state index in [4.69, 9.17) is 24.3 Å². The SMILES string of the molecule is C[C@@H](C(=O)N(C)c1cc2c(cc1F)nc(-c1nn(COCC[Si](C)(C)C)c3c1C[C@@H]1C[C@]1(C)C3)n2COCC[Si](C)(C)C)N1CCOCC1. The fourth-order valence-electron chi connectivity index (χ4n) is 7.19. The minimum absolute atomic E-state index is 0.160. The average molecular weight is 713 g/mol. The van der Waals surface area contributed by atoms with Gasteiger partial charge in [0.1, 0.15) is 25.0 Å². The van der Waals surface area contributed by atoms with Crippen LogP contribution in [-0.4, -0.2) is 98.9 Å². The van der Waals surface area contributed by atoms with Crippen LogP contribution < -0.4 is 4.90 Å². The highest BCUT2D eigenvalue weighted by Gasteiger charge is 2.54. The maximum Gasteiger partial charge on any atom is 0.243 e. The van der Waals surface area contributed by atoms with Crippen LogP contribution in [0, 0.1) is 17.2 Å². The Bertz CT molecular complexity index is 1670. The van der Waals surface area contributed by atoms with Crippen molar-refractivity contribution in [3.8, 4) is 11.5 Å². The fourth-order valence-corrected chi connectivity index (χ4v) is 8.70. The van der Waals surface area contributed by atoms with Gasteiger partial charge in [-0.15, -0.1) is 0 Å². The van der Waals surface area contributed by atoms with Crippen LogP contribution in [0.1, 0.15) is 31.5 Å². The van der Waals surface area contributed by atoms with E-state index < -0.39 is 28.0 Å². The number of carbonyl (C=O) groups excluding carboxylic acids is 1. The van der Waals surface area contributed by atoms with Crippen molar-refractivity contribution in [3.63, 3.8) is 0 Å². The lowest BCUT2D eigenvalue weighted by Crippen LogP contribution is -2.50. The number of nitrogens with zero attached hydrogens (tertiary/aromatic N) is 6. The van der Waals surface area contributed by atoms with Crippen LogP contribution in [0.15, 0.2) is 12.1 Å². The number of halogens is 1. The Balaban J connectivity index is 1.37. The largest absolute Gasteiger partial charge is 0.379 e. The Morgan fingerprint density at radius 2 is 1.73 bits per heavy atom. The summed E-state index contributed by atoms with van der Waals surface area (Å²) in [6.45, 7) is 22.9. The number of morpholine rings is 1. The highest BCUT2D eigenvalue weighted by molar-refractivity contribution is 6.76. The highest BCUT2D eigenvalue weighted by atomic mass is 28.3. The van der Waals surface area contributed by atoms with Crippen LogP contribution in [-0.2, 0) is 45.3 Å². The number of anilines is 1. The average Bonchev–Trinajstić information content (AvgIpc) is 3.42. The third-order valence-corrected chi connectivity index (χ3v) is 14.2. The smallest absolute Gasteiger partial charge is 0.243 e. The molecular formula is C36H57FN6O4Si2. The maximum absolute atomic E-state index is 15.9. The van der Waals surface area contributed by atoms with Crippen molar-refractivity contribution in [1.82, 2.24) is 24.2 Å². The van der Waals surface area contributed by atoms with Gasteiger partial charge in [0.25, 0.3) is 0 Å². The molecule has 6 rings (SSSR count). The van der Waals surface area contributed by atoms with Gasteiger partial charge in [-0.25, -0.2) is 14.1 Å². The molecule has 0 unspecified atom stereocenters. The molecule has 3 heterocycles. The number of rotatable bonds is 14. The minimum Gasteiger partial charge on any atom is -0.379 e. The summed E-state index contributed by atoms with van der Waals surface area (Å²) in [4.78, 5) is 22.2. The monoisotopic (exact) mass is 712 g/mol. The number of ether oxygens (including phenoxy) is 3. The molecular weight excluding hydrogens is 656 g/mol. The van der Waals surface area contributed by atoms with Crippen LogP contribution in [0.5, 0.6) is 0 Å². The molecule has 0 spiro atoms. The summed E-state index contributed by atoms with van der Waals surface area (Å²) in [6, 6.07) is 4.95. The molecule has 3 atom stereocenters. The lowest BCUT2D eigenvalue weighted by Gasteiger charge is -2.33. The summed E-state index contributed by atoms with van der Waals surface area (Å²) >= 11 is 0. The molecule has 1 aliphatic heterocycles. The number of aromatic nitrogens is 4. The van der Waals surface area contributed by atoms with Crippen LogP contribution in [0.4, 0.5) is 10.1 Å². The van der Waals surface area contributed by atoms with Gasteiger partial charge in [0, 0.05) is 66.8 Å². The van der Waals surface area contributed by atoms with Gasteiger partial charge < -0.3 is 19.1 Å². The molecule has 1 saturated heterocycles. The highest BCUT2D eigenvalue weighted by Crippen LogP contribution is 2.60. The van der Waals surface area contributed by atoms with Gasteiger partial charge >= 0.3 is 0 Å². The molecule has 3 aromatic rings. The van der Waals surface area contributed by atoms with E-state index in [0.717, 1.165) is 42.7 Å². The quantitative estimate of drug-likeness (QED) is 0.140. The first-order valence-corrected chi connectivity index (χ1v) is 25.5. The summed E-state index contributed by atoms with van der Waals surface area (Å²) in [6.07, 6.45) is 3.13. The summed E-state index contributed by atoms with van der Waals surface area (Å²) in [5.41, 5.74) is 5.06. The van der Waals surface area contributed by atoms with Crippen molar-refractivity contribution >= 4 is 38.8 Å². The molecule has 10 nitrogen and oxygen atoms in total. The van der Waals surface area contributed by atoms with Gasteiger partial charge in [-0.3, -0.25) is 14.3 Å². The molecule has 2 fully saturated rings. The van der Waals surface area contributed by atoms with Crippen molar-refractivity contribution in [2.75, 3.05) is 51.5 Å². The lowest BCUT2D eigenvalue weighted by atomic mass is 9.87. The third-order valence-electron chi connectivity index (χ3n) is 10.8. The van der Waals surface area contributed by atoms with Gasteiger partial charge in [0.15, 0.2) is 5.82 Å². The van der Waals surface area contributed by atoms with Crippen molar-refractivity contribution in [2.24, 2.45) is 11.3 Å².